The van der Waals surface area contributed by atoms with Crippen LogP contribution in [0.4, 0.5) is 33.5 Å². The molecule has 0 saturated heterocycles. The lowest BCUT2D eigenvalue weighted by atomic mass is 9.96. The molecule has 0 spiro atoms. The molecule has 9 nitrogen and oxygen atoms in total. The number of fused-ring (bicyclic) bond motifs is 1. The van der Waals surface area contributed by atoms with E-state index in [1.165, 1.54) is 0 Å². The number of pyridine rings is 1. The molecule has 0 amide bonds. The minimum atomic E-state index is -5.06. The zero-order valence-corrected chi connectivity index (χ0v) is 25.7. The van der Waals surface area contributed by atoms with E-state index in [4.69, 9.17) is 20.5 Å². The Morgan fingerprint density at radius 3 is 2.39 bits per heavy atom. The fourth-order valence-electron chi connectivity index (χ4n) is 4.46. The van der Waals surface area contributed by atoms with Gasteiger partial charge < -0.3 is 25.8 Å². The van der Waals surface area contributed by atoms with Gasteiger partial charge in [0.2, 0.25) is 5.88 Å². The normalized spacial score (nSPS) is 14.3. The number of benzene rings is 1. The molecule has 240 valence electrons. The fourth-order valence-corrected chi connectivity index (χ4v) is 4.46. The highest BCUT2D eigenvalue weighted by Gasteiger charge is 2.44. The van der Waals surface area contributed by atoms with Crippen molar-refractivity contribution in [2.24, 2.45) is 5.41 Å². The zero-order valence-electron chi connectivity index (χ0n) is 25.7. The van der Waals surface area contributed by atoms with E-state index < -0.39 is 57.5 Å². The van der Waals surface area contributed by atoms with Crippen molar-refractivity contribution < 1.29 is 31.4 Å². The minimum Gasteiger partial charge on any atom is -0.474 e. The number of rotatable bonds is 12. The molecule has 2 heterocycles. The molecule has 1 atom stereocenters. The molecule has 1 fully saturated rings. The molecule has 14 heteroatoms. The molecule has 1 unspecified atom stereocenters. The van der Waals surface area contributed by atoms with Gasteiger partial charge >= 0.3 is 12.2 Å². The second-order valence-electron chi connectivity index (χ2n) is 10.5. The van der Waals surface area contributed by atoms with Gasteiger partial charge in [0.25, 0.3) is 0 Å². The van der Waals surface area contributed by atoms with Crippen LogP contribution in [0.3, 0.4) is 0 Å². The summed E-state index contributed by atoms with van der Waals surface area (Å²) in [5.74, 6) is -2.60. The van der Waals surface area contributed by atoms with Crippen LogP contribution in [-0.2, 0) is 6.18 Å². The molecule has 1 aliphatic carbocycles. The van der Waals surface area contributed by atoms with Crippen LogP contribution in [0.2, 0.25) is 0 Å². The van der Waals surface area contributed by atoms with E-state index in [1.54, 1.807) is 14.0 Å². The van der Waals surface area contributed by atoms with Gasteiger partial charge in [-0.3, -0.25) is 0 Å². The quantitative estimate of drug-likeness (QED) is 0.113. The minimum absolute atomic E-state index is 0.00136. The lowest BCUT2D eigenvalue weighted by Gasteiger charge is -2.21. The molecule has 2 aromatic heterocycles. The van der Waals surface area contributed by atoms with E-state index in [-0.39, 0.29) is 41.5 Å². The Bertz CT molecular complexity index is 1520. The van der Waals surface area contributed by atoms with Crippen molar-refractivity contribution >= 4 is 22.4 Å². The second kappa shape index (κ2) is 14.2. The van der Waals surface area contributed by atoms with Crippen LogP contribution in [0.25, 0.3) is 22.2 Å². The summed E-state index contributed by atoms with van der Waals surface area (Å²) >= 11 is 0. The van der Waals surface area contributed by atoms with E-state index in [1.807, 2.05) is 20.8 Å². The van der Waals surface area contributed by atoms with E-state index in [9.17, 15) is 17.6 Å². The summed E-state index contributed by atoms with van der Waals surface area (Å²) < 4.78 is 85.4. The Hall–Kier alpha value is -3.99. The third-order valence-corrected chi connectivity index (χ3v) is 7.27. The highest BCUT2D eigenvalue weighted by molar-refractivity contribution is 5.96. The second-order valence-corrected chi connectivity index (χ2v) is 10.5. The largest absolute Gasteiger partial charge is 0.474 e. The average Bonchev–Trinajstić information content (AvgIpc) is 3.76. The first kappa shape index (κ1) is 34.5. The maximum absolute atomic E-state index is 16.4. The number of nitrogen functional groups attached to an aromatic ring is 1. The van der Waals surface area contributed by atoms with Crippen molar-refractivity contribution in [1.82, 2.24) is 20.3 Å². The highest BCUT2D eigenvalue weighted by atomic mass is 19.4. The Balaban J connectivity index is 0.00000259. The molecule has 1 saturated carbocycles. The fraction of sp³-hybridized carbons (Fsp3) is 0.533. The van der Waals surface area contributed by atoms with Gasteiger partial charge in [-0.05, 0) is 51.8 Å². The number of nitrogens with zero attached hydrogens (tertiary/aromatic N) is 4. The maximum atomic E-state index is 16.4. The first-order valence-electron chi connectivity index (χ1n) is 14.5. The van der Waals surface area contributed by atoms with Crippen LogP contribution in [0.15, 0.2) is 6.07 Å². The van der Waals surface area contributed by atoms with Crippen LogP contribution in [0.1, 0.15) is 64.5 Å². The van der Waals surface area contributed by atoms with Crippen molar-refractivity contribution in [3.05, 3.63) is 28.8 Å². The third kappa shape index (κ3) is 7.38. The van der Waals surface area contributed by atoms with Crippen LogP contribution in [-0.4, -0.2) is 47.8 Å². The Labute approximate surface area is 253 Å². The summed E-state index contributed by atoms with van der Waals surface area (Å²) in [5.41, 5.74) is 0.587. The lowest BCUT2D eigenvalue weighted by Crippen LogP contribution is -2.20. The van der Waals surface area contributed by atoms with Gasteiger partial charge in [-0.1, -0.05) is 20.8 Å². The van der Waals surface area contributed by atoms with E-state index in [0.29, 0.717) is 25.6 Å². The molecule has 44 heavy (non-hydrogen) atoms. The number of ether oxygens (including phenoxy) is 2. The van der Waals surface area contributed by atoms with Crippen molar-refractivity contribution in [3.63, 3.8) is 0 Å². The van der Waals surface area contributed by atoms with Crippen LogP contribution >= 0.6 is 0 Å². The smallest absolute Gasteiger partial charge is 0.417 e. The van der Waals surface area contributed by atoms with Gasteiger partial charge in [-0.25, -0.2) is 13.8 Å². The molecule has 3 aromatic rings. The van der Waals surface area contributed by atoms with E-state index in [0.717, 1.165) is 19.8 Å². The highest BCUT2D eigenvalue weighted by Crippen LogP contribution is 2.49. The van der Waals surface area contributed by atoms with Gasteiger partial charge in [-0.2, -0.15) is 28.4 Å². The number of nitriles is 1. The Morgan fingerprint density at radius 2 is 1.82 bits per heavy atom. The SMILES string of the molecule is CC.CCC(C)Oc1nc(-c2cc(N)c(F)c(C)c2C(F)(F)F)c(F)c2nc(OCC3(CC#N)CC3)nc(NCCNC)c12. The van der Waals surface area contributed by atoms with Crippen LogP contribution < -0.4 is 25.8 Å². The summed E-state index contributed by atoms with van der Waals surface area (Å²) in [6.07, 6.45) is -3.24. The molecule has 0 bridgehead atoms. The van der Waals surface area contributed by atoms with Crippen LogP contribution in [0.5, 0.6) is 11.9 Å². The predicted molar refractivity (Wildman–Crippen MR) is 158 cm³/mol. The number of aromatic nitrogens is 3. The zero-order chi connectivity index (χ0) is 32.8. The number of likely N-dealkylation sites (N-methyl/N-ethyl adjacent to an activating group) is 1. The number of hydrogen-bond acceptors (Lipinski definition) is 9. The van der Waals surface area contributed by atoms with Crippen LogP contribution in [0, 0.1) is 35.3 Å². The number of nitrogens with two attached hydrogens (primary N) is 1. The lowest BCUT2D eigenvalue weighted by molar-refractivity contribution is -0.137. The monoisotopic (exact) mass is 623 g/mol. The molecular weight excluding hydrogens is 585 g/mol. The summed E-state index contributed by atoms with van der Waals surface area (Å²) in [6.45, 7) is 9.38. The Kier molecular flexibility index (Phi) is 11.1. The molecule has 4 rings (SSSR count). The standard InChI is InChI=1S/C28H32F5N7O2.C2H6/c1-5-14(2)42-25-18-23(21(30)22(38-25)16-12-17(35)20(29)15(3)19(16)28(31,32)33)39-26(40-24(18)37-11-10-36-4)41-13-27(6-7-27)8-9-34;1-2/h12,14,36H,5-8,10-11,13,35H2,1-4H3,(H,37,39,40);1-2H3. The number of anilines is 2. The summed E-state index contributed by atoms with van der Waals surface area (Å²) in [7, 11) is 1.73. The topological polar surface area (TPSA) is 131 Å². The number of hydrogen-bond donors (Lipinski definition) is 3. The van der Waals surface area contributed by atoms with Crippen molar-refractivity contribution in [1.29, 1.82) is 5.26 Å². The number of halogens is 5. The van der Waals surface area contributed by atoms with Crippen molar-refractivity contribution in [2.75, 3.05) is 37.8 Å². The molecule has 0 aliphatic heterocycles. The summed E-state index contributed by atoms with van der Waals surface area (Å²) in [6, 6.07) is 2.59. The predicted octanol–water partition coefficient (Wildman–Crippen LogP) is 6.79. The molecule has 0 radical (unpaired) electrons. The molecule has 4 N–H and O–H groups in total. The van der Waals surface area contributed by atoms with Gasteiger partial charge in [-0.15, -0.1) is 0 Å². The molecule has 1 aliphatic rings. The number of nitrogens with one attached hydrogen (secondary N) is 2. The Morgan fingerprint density at radius 1 is 1.14 bits per heavy atom. The third-order valence-electron chi connectivity index (χ3n) is 7.27. The summed E-state index contributed by atoms with van der Waals surface area (Å²) in [5, 5.41) is 15.2. The van der Waals surface area contributed by atoms with Gasteiger partial charge in [0, 0.05) is 30.5 Å². The maximum Gasteiger partial charge on any atom is 0.417 e. The molecular formula is C30H38F5N7O2. The number of alkyl halides is 3. The first-order chi connectivity index (χ1) is 20.9. The van der Waals surface area contributed by atoms with Gasteiger partial charge in [0.05, 0.1) is 30.0 Å². The van der Waals surface area contributed by atoms with Crippen molar-refractivity contribution in [3.8, 4) is 29.2 Å². The van der Waals surface area contributed by atoms with Crippen molar-refractivity contribution in [2.45, 2.75) is 72.6 Å². The summed E-state index contributed by atoms with van der Waals surface area (Å²) in [4.78, 5) is 12.8. The van der Waals surface area contributed by atoms with Gasteiger partial charge in [0.15, 0.2) is 5.82 Å². The van der Waals surface area contributed by atoms with E-state index >= 15 is 4.39 Å². The average molecular weight is 624 g/mol. The van der Waals surface area contributed by atoms with Gasteiger partial charge in [0.1, 0.15) is 28.2 Å². The molecule has 1 aromatic carbocycles. The van der Waals surface area contributed by atoms with E-state index in [2.05, 4.69) is 31.7 Å². The first-order valence-corrected chi connectivity index (χ1v) is 14.5.